The Morgan fingerprint density at radius 3 is 2.62 bits per heavy atom. The van der Waals surface area contributed by atoms with Crippen LogP contribution >= 0.6 is 24.0 Å². The minimum absolute atomic E-state index is 0. The minimum Gasteiger partial charge on any atom is -0.484 e. The van der Waals surface area contributed by atoms with Gasteiger partial charge >= 0.3 is 0 Å². The van der Waals surface area contributed by atoms with E-state index in [2.05, 4.69) is 27.9 Å². The molecule has 2 rings (SSSR count). The summed E-state index contributed by atoms with van der Waals surface area (Å²) in [5, 5.41) is 9.47. The zero-order chi connectivity index (χ0) is 20.0. The van der Waals surface area contributed by atoms with Crippen LogP contribution in [0.15, 0.2) is 29.3 Å². The zero-order valence-corrected chi connectivity index (χ0v) is 20.2. The molecule has 0 aromatic heterocycles. The maximum atomic E-state index is 11.5. The second-order valence-corrected chi connectivity index (χ2v) is 7.30. The molecule has 0 aliphatic heterocycles. The van der Waals surface area contributed by atoms with Gasteiger partial charge in [0, 0.05) is 19.6 Å². The van der Waals surface area contributed by atoms with Gasteiger partial charge in [-0.1, -0.05) is 37.8 Å². The third-order valence-electron chi connectivity index (χ3n) is 4.96. The highest BCUT2D eigenvalue weighted by Crippen LogP contribution is 2.28. The lowest BCUT2D eigenvalue weighted by Crippen LogP contribution is -2.37. The van der Waals surface area contributed by atoms with Crippen molar-refractivity contribution in [2.45, 2.75) is 58.9 Å². The standard InChI is InChI=1S/C22H36N4O2.HI/c1-3-23-21(27)17-28-20-13-7-11-19(15-20)16-26-22(24-4-2)25-14-8-12-18-9-5-6-10-18;/h7,11,13,15,18H,3-6,8-10,12,14,16-17H2,1-2H3,(H,23,27)(H2,24,25,26);1H. The van der Waals surface area contributed by atoms with Crippen molar-refractivity contribution < 1.29 is 9.53 Å². The van der Waals surface area contributed by atoms with Gasteiger partial charge in [-0.3, -0.25) is 4.79 Å². The number of aliphatic imine (C=N–C) groups is 1. The monoisotopic (exact) mass is 516 g/mol. The quantitative estimate of drug-likeness (QED) is 0.181. The van der Waals surface area contributed by atoms with E-state index in [4.69, 9.17) is 4.74 Å². The number of amides is 1. The van der Waals surface area contributed by atoms with Crippen molar-refractivity contribution in [2.24, 2.45) is 10.9 Å². The SMILES string of the molecule is CCNC(=O)COc1cccc(CN=C(NCC)NCCCC2CCCC2)c1.I. The van der Waals surface area contributed by atoms with E-state index >= 15 is 0 Å². The van der Waals surface area contributed by atoms with Crippen LogP contribution in [0.1, 0.15) is 57.9 Å². The summed E-state index contributed by atoms with van der Waals surface area (Å²) in [5.41, 5.74) is 1.05. The first kappa shape index (κ1) is 25.5. The molecule has 0 spiro atoms. The second-order valence-electron chi connectivity index (χ2n) is 7.30. The van der Waals surface area contributed by atoms with E-state index < -0.39 is 0 Å². The predicted molar refractivity (Wildman–Crippen MR) is 130 cm³/mol. The third kappa shape index (κ3) is 10.7. The van der Waals surface area contributed by atoms with Gasteiger partial charge in [0.25, 0.3) is 5.91 Å². The van der Waals surface area contributed by atoms with E-state index in [1.165, 1.54) is 38.5 Å². The smallest absolute Gasteiger partial charge is 0.257 e. The molecule has 0 saturated heterocycles. The molecule has 164 valence electrons. The van der Waals surface area contributed by atoms with Crippen LogP contribution in [-0.2, 0) is 11.3 Å². The summed E-state index contributed by atoms with van der Waals surface area (Å²) in [6, 6.07) is 7.75. The Kier molecular flexibility index (Phi) is 13.5. The molecule has 1 aliphatic carbocycles. The van der Waals surface area contributed by atoms with Crippen LogP contribution in [0.25, 0.3) is 0 Å². The van der Waals surface area contributed by atoms with E-state index in [0.29, 0.717) is 18.8 Å². The molecule has 1 aromatic carbocycles. The molecular weight excluding hydrogens is 479 g/mol. The first-order valence-corrected chi connectivity index (χ1v) is 10.7. The molecular formula is C22H37IN4O2. The highest BCUT2D eigenvalue weighted by atomic mass is 127. The Labute approximate surface area is 192 Å². The lowest BCUT2D eigenvalue weighted by Gasteiger charge is -2.13. The van der Waals surface area contributed by atoms with Crippen LogP contribution in [0.5, 0.6) is 5.75 Å². The Hall–Kier alpha value is -1.51. The number of ether oxygens (including phenoxy) is 1. The van der Waals surface area contributed by atoms with Crippen molar-refractivity contribution in [2.75, 3.05) is 26.2 Å². The summed E-state index contributed by atoms with van der Waals surface area (Å²) in [6.07, 6.45) is 8.15. The third-order valence-corrected chi connectivity index (χ3v) is 4.96. The number of nitrogens with zero attached hydrogens (tertiary/aromatic N) is 1. The number of likely N-dealkylation sites (N-methyl/N-ethyl adjacent to an activating group) is 1. The molecule has 0 unspecified atom stereocenters. The Morgan fingerprint density at radius 2 is 1.90 bits per heavy atom. The predicted octanol–water partition coefficient (Wildman–Crippen LogP) is 3.85. The van der Waals surface area contributed by atoms with E-state index in [-0.39, 0.29) is 36.5 Å². The maximum absolute atomic E-state index is 11.5. The average Bonchev–Trinajstić information content (AvgIpc) is 3.22. The Bertz CT molecular complexity index is 619. The number of guanidine groups is 1. The first-order valence-electron chi connectivity index (χ1n) is 10.7. The van der Waals surface area contributed by atoms with Crippen molar-refractivity contribution in [3.05, 3.63) is 29.8 Å². The van der Waals surface area contributed by atoms with E-state index in [1.807, 2.05) is 31.2 Å². The van der Waals surface area contributed by atoms with Gasteiger partial charge in [0.15, 0.2) is 12.6 Å². The second kappa shape index (κ2) is 15.3. The number of hydrogen-bond acceptors (Lipinski definition) is 3. The number of benzene rings is 1. The van der Waals surface area contributed by atoms with Gasteiger partial charge in [-0.15, -0.1) is 24.0 Å². The van der Waals surface area contributed by atoms with Crippen LogP contribution in [0, 0.1) is 5.92 Å². The van der Waals surface area contributed by atoms with Crippen LogP contribution in [-0.4, -0.2) is 38.1 Å². The number of rotatable bonds is 11. The largest absolute Gasteiger partial charge is 0.484 e. The average molecular weight is 516 g/mol. The molecule has 6 nitrogen and oxygen atoms in total. The van der Waals surface area contributed by atoms with Gasteiger partial charge < -0.3 is 20.7 Å². The number of nitrogens with one attached hydrogen (secondary N) is 3. The topological polar surface area (TPSA) is 74.8 Å². The molecule has 1 aromatic rings. The molecule has 1 amide bonds. The van der Waals surface area contributed by atoms with Crippen molar-refractivity contribution in [1.82, 2.24) is 16.0 Å². The van der Waals surface area contributed by atoms with Gasteiger partial charge in [0.05, 0.1) is 6.54 Å². The minimum atomic E-state index is -0.109. The summed E-state index contributed by atoms with van der Waals surface area (Å²) in [6.45, 7) is 6.97. The van der Waals surface area contributed by atoms with Crippen molar-refractivity contribution in [1.29, 1.82) is 0 Å². The van der Waals surface area contributed by atoms with Crippen LogP contribution in [0.2, 0.25) is 0 Å². The van der Waals surface area contributed by atoms with Crippen molar-refractivity contribution in [3.63, 3.8) is 0 Å². The molecule has 1 saturated carbocycles. The first-order chi connectivity index (χ1) is 13.7. The van der Waals surface area contributed by atoms with E-state index in [0.717, 1.165) is 30.5 Å². The summed E-state index contributed by atoms with van der Waals surface area (Å²) in [5.74, 6) is 2.36. The van der Waals surface area contributed by atoms with Crippen LogP contribution in [0.3, 0.4) is 0 Å². The molecule has 29 heavy (non-hydrogen) atoms. The zero-order valence-electron chi connectivity index (χ0n) is 17.8. The fraction of sp³-hybridized carbons (Fsp3) is 0.636. The highest BCUT2D eigenvalue weighted by Gasteiger charge is 2.14. The molecule has 1 aliphatic rings. The summed E-state index contributed by atoms with van der Waals surface area (Å²) < 4.78 is 5.55. The molecule has 0 bridgehead atoms. The van der Waals surface area contributed by atoms with Crippen LogP contribution in [0.4, 0.5) is 0 Å². The lowest BCUT2D eigenvalue weighted by molar-refractivity contribution is -0.122. The summed E-state index contributed by atoms with van der Waals surface area (Å²) >= 11 is 0. The van der Waals surface area contributed by atoms with E-state index in [1.54, 1.807) is 0 Å². The van der Waals surface area contributed by atoms with Gasteiger partial charge in [-0.2, -0.15) is 0 Å². The number of hydrogen-bond donors (Lipinski definition) is 3. The lowest BCUT2D eigenvalue weighted by atomic mass is 10.0. The summed E-state index contributed by atoms with van der Waals surface area (Å²) in [7, 11) is 0. The highest BCUT2D eigenvalue weighted by molar-refractivity contribution is 14.0. The van der Waals surface area contributed by atoms with Crippen LogP contribution < -0.4 is 20.7 Å². The fourth-order valence-electron chi connectivity index (χ4n) is 3.54. The normalized spacial score (nSPS) is 14.2. The van der Waals surface area contributed by atoms with E-state index in [9.17, 15) is 4.79 Å². The Morgan fingerprint density at radius 1 is 1.14 bits per heavy atom. The van der Waals surface area contributed by atoms with Crippen molar-refractivity contribution in [3.8, 4) is 5.75 Å². The van der Waals surface area contributed by atoms with Crippen molar-refractivity contribution >= 4 is 35.8 Å². The molecule has 1 fully saturated rings. The number of carbonyl (C=O) groups is 1. The van der Waals surface area contributed by atoms with Gasteiger partial charge in [-0.05, 0) is 50.3 Å². The fourth-order valence-corrected chi connectivity index (χ4v) is 3.54. The number of carbonyl (C=O) groups excluding carboxylic acids is 1. The van der Waals surface area contributed by atoms with Gasteiger partial charge in [-0.25, -0.2) is 4.99 Å². The van der Waals surface area contributed by atoms with Gasteiger partial charge in [0.2, 0.25) is 0 Å². The Balaban J connectivity index is 0.00000420. The van der Waals surface area contributed by atoms with Gasteiger partial charge in [0.1, 0.15) is 5.75 Å². The molecule has 0 radical (unpaired) electrons. The maximum Gasteiger partial charge on any atom is 0.257 e. The molecule has 3 N–H and O–H groups in total. The molecule has 7 heteroatoms. The molecule has 0 atom stereocenters. The molecule has 0 heterocycles. The summed E-state index contributed by atoms with van der Waals surface area (Å²) in [4.78, 5) is 16.2. The number of halogens is 1.